The van der Waals surface area contributed by atoms with Gasteiger partial charge in [0.2, 0.25) is 5.91 Å². The van der Waals surface area contributed by atoms with Gasteiger partial charge in [-0.05, 0) is 13.0 Å². The zero-order chi connectivity index (χ0) is 10.4. The Hall–Kier alpha value is -1.78. The molecule has 1 rings (SSSR count). The van der Waals surface area contributed by atoms with Crippen LogP contribution in [0.5, 0.6) is 0 Å². The number of carbonyl (C=O) groups excluding carboxylic acids is 1. The number of nitrogens with zero attached hydrogens (tertiary/aromatic N) is 1. The number of likely N-dealkylation sites (N-methyl/N-ethyl adjacent to an activating group) is 1. The summed E-state index contributed by atoms with van der Waals surface area (Å²) in [5.74, 6) is 0.397. The summed E-state index contributed by atoms with van der Waals surface area (Å²) in [4.78, 5) is 14.9. The van der Waals surface area contributed by atoms with E-state index in [0.29, 0.717) is 12.4 Å². The van der Waals surface area contributed by atoms with Crippen molar-refractivity contribution in [2.24, 2.45) is 0 Å². The standard InChI is InChI=1S/C9H14N4O/c1-2-11-9(14)6-13-7-3-4-12-8(10)5-7/h3-5H,2,6H2,1H3,(H,11,14)(H3,10,12,13). The van der Waals surface area contributed by atoms with Gasteiger partial charge in [-0.1, -0.05) is 0 Å². The molecule has 0 unspecified atom stereocenters. The molecule has 1 heterocycles. The summed E-state index contributed by atoms with van der Waals surface area (Å²) >= 11 is 0. The van der Waals surface area contributed by atoms with Crippen LogP contribution in [-0.4, -0.2) is 24.0 Å². The second-order valence-electron chi connectivity index (χ2n) is 2.78. The fraction of sp³-hybridized carbons (Fsp3) is 0.333. The third-order valence-electron chi connectivity index (χ3n) is 1.61. The number of aromatic nitrogens is 1. The first-order valence-electron chi connectivity index (χ1n) is 4.44. The molecule has 76 valence electrons. The Morgan fingerprint density at radius 3 is 3.07 bits per heavy atom. The highest BCUT2D eigenvalue weighted by Gasteiger charge is 1.98. The number of hydrogen-bond donors (Lipinski definition) is 3. The third-order valence-corrected chi connectivity index (χ3v) is 1.61. The molecule has 0 spiro atoms. The van der Waals surface area contributed by atoms with E-state index in [-0.39, 0.29) is 12.5 Å². The molecule has 1 amide bonds. The molecule has 0 aliphatic carbocycles. The Morgan fingerprint density at radius 1 is 1.64 bits per heavy atom. The SMILES string of the molecule is CCNC(=O)CNc1ccnc(N)c1. The van der Waals surface area contributed by atoms with Gasteiger partial charge in [-0.15, -0.1) is 0 Å². The lowest BCUT2D eigenvalue weighted by atomic mass is 10.4. The summed E-state index contributed by atoms with van der Waals surface area (Å²) in [6, 6.07) is 3.44. The normalized spacial score (nSPS) is 9.50. The van der Waals surface area contributed by atoms with Crippen molar-refractivity contribution < 1.29 is 4.79 Å². The number of pyridine rings is 1. The van der Waals surface area contributed by atoms with E-state index in [1.165, 1.54) is 0 Å². The minimum atomic E-state index is -0.0390. The Labute approximate surface area is 82.7 Å². The summed E-state index contributed by atoms with van der Waals surface area (Å²) in [7, 11) is 0. The van der Waals surface area contributed by atoms with E-state index < -0.39 is 0 Å². The van der Waals surface area contributed by atoms with Gasteiger partial charge < -0.3 is 16.4 Å². The van der Waals surface area contributed by atoms with Crippen molar-refractivity contribution in [1.29, 1.82) is 0 Å². The Morgan fingerprint density at radius 2 is 2.43 bits per heavy atom. The molecule has 4 N–H and O–H groups in total. The van der Waals surface area contributed by atoms with E-state index >= 15 is 0 Å². The zero-order valence-corrected chi connectivity index (χ0v) is 8.08. The van der Waals surface area contributed by atoms with Gasteiger partial charge in [0.25, 0.3) is 0 Å². The lowest BCUT2D eigenvalue weighted by Crippen LogP contribution is -2.29. The van der Waals surface area contributed by atoms with Crippen LogP contribution in [0.25, 0.3) is 0 Å². The summed E-state index contributed by atoms with van der Waals surface area (Å²) in [5, 5.41) is 5.62. The first-order chi connectivity index (χ1) is 6.72. The number of anilines is 2. The average Bonchev–Trinajstić information content (AvgIpc) is 2.15. The predicted molar refractivity (Wildman–Crippen MR) is 55.8 cm³/mol. The van der Waals surface area contributed by atoms with Gasteiger partial charge in [0.05, 0.1) is 6.54 Å². The van der Waals surface area contributed by atoms with Crippen LogP contribution in [0.2, 0.25) is 0 Å². The maximum absolute atomic E-state index is 11.1. The topological polar surface area (TPSA) is 80.0 Å². The minimum Gasteiger partial charge on any atom is -0.384 e. The molecule has 14 heavy (non-hydrogen) atoms. The molecule has 0 atom stereocenters. The van der Waals surface area contributed by atoms with Crippen LogP contribution >= 0.6 is 0 Å². The monoisotopic (exact) mass is 194 g/mol. The second-order valence-corrected chi connectivity index (χ2v) is 2.78. The van der Waals surface area contributed by atoms with Crippen LogP contribution in [0, 0.1) is 0 Å². The van der Waals surface area contributed by atoms with Crippen LogP contribution in [0.15, 0.2) is 18.3 Å². The number of carbonyl (C=O) groups is 1. The van der Waals surface area contributed by atoms with Crippen molar-refractivity contribution in [3.63, 3.8) is 0 Å². The van der Waals surface area contributed by atoms with Crippen LogP contribution in [0.3, 0.4) is 0 Å². The number of amides is 1. The molecule has 0 aromatic carbocycles. The van der Waals surface area contributed by atoms with E-state index in [9.17, 15) is 4.79 Å². The molecular weight excluding hydrogens is 180 g/mol. The maximum Gasteiger partial charge on any atom is 0.239 e. The molecule has 1 aromatic rings. The lowest BCUT2D eigenvalue weighted by Gasteiger charge is -2.06. The second kappa shape index (κ2) is 5.06. The van der Waals surface area contributed by atoms with Crippen molar-refractivity contribution in [3.8, 4) is 0 Å². The van der Waals surface area contributed by atoms with E-state index in [2.05, 4.69) is 15.6 Å². The van der Waals surface area contributed by atoms with Crippen molar-refractivity contribution in [1.82, 2.24) is 10.3 Å². The molecule has 0 fully saturated rings. The quantitative estimate of drug-likeness (QED) is 0.640. The van der Waals surface area contributed by atoms with Crippen molar-refractivity contribution in [2.45, 2.75) is 6.92 Å². The van der Waals surface area contributed by atoms with Crippen molar-refractivity contribution >= 4 is 17.4 Å². The minimum absolute atomic E-state index is 0.0390. The van der Waals surface area contributed by atoms with Crippen LogP contribution < -0.4 is 16.4 Å². The summed E-state index contributed by atoms with van der Waals surface area (Å²) in [6.45, 7) is 2.76. The summed E-state index contributed by atoms with van der Waals surface area (Å²) < 4.78 is 0. The molecule has 5 nitrogen and oxygen atoms in total. The van der Waals surface area contributed by atoms with Crippen LogP contribution in [0.4, 0.5) is 11.5 Å². The van der Waals surface area contributed by atoms with Crippen LogP contribution in [0.1, 0.15) is 6.92 Å². The smallest absolute Gasteiger partial charge is 0.239 e. The molecule has 0 saturated carbocycles. The molecule has 0 saturated heterocycles. The highest BCUT2D eigenvalue weighted by Crippen LogP contribution is 2.07. The first-order valence-corrected chi connectivity index (χ1v) is 4.44. The predicted octanol–water partition coefficient (Wildman–Crippen LogP) is 0.212. The Balaban J connectivity index is 2.41. The van der Waals surface area contributed by atoms with Gasteiger partial charge in [-0.25, -0.2) is 4.98 Å². The fourth-order valence-corrected chi connectivity index (χ4v) is 1.00. The van der Waals surface area contributed by atoms with Gasteiger partial charge in [-0.3, -0.25) is 4.79 Å². The zero-order valence-electron chi connectivity index (χ0n) is 8.08. The summed E-state index contributed by atoms with van der Waals surface area (Å²) in [6.07, 6.45) is 1.59. The molecular formula is C9H14N4O. The third kappa shape index (κ3) is 3.30. The Kier molecular flexibility index (Phi) is 3.72. The average molecular weight is 194 g/mol. The maximum atomic E-state index is 11.1. The molecule has 0 aliphatic heterocycles. The van der Waals surface area contributed by atoms with E-state index in [1.54, 1.807) is 18.3 Å². The number of hydrogen-bond acceptors (Lipinski definition) is 4. The Bertz CT molecular complexity index is 313. The number of nitrogens with two attached hydrogens (primary N) is 1. The van der Waals surface area contributed by atoms with Gasteiger partial charge >= 0.3 is 0 Å². The molecule has 0 radical (unpaired) electrons. The van der Waals surface area contributed by atoms with Gasteiger partial charge in [0, 0.05) is 24.5 Å². The lowest BCUT2D eigenvalue weighted by molar-refractivity contribution is -0.119. The van der Waals surface area contributed by atoms with E-state index in [0.717, 1.165) is 5.69 Å². The molecule has 0 bridgehead atoms. The molecule has 5 heteroatoms. The summed E-state index contributed by atoms with van der Waals surface area (Å²) in [5.41, 5.74) is 6.27. The van der Waals surface area contributed by atoms with Gasteiger partial charge in [-0.2, -0.15) is 0 Å². The highest BCUT2D eigenvalue weighted by atomic mass is 16.1. The van der Waals surface area contributed by atoms with Crippen LogP contribution in [-0.2, 0) is 4.79 Å². The highest BCUT2D eigenvalue weighted by molar-refractivity contribution is 5.80. The largest absolute Gasteiger partial charge is 0.384 e. The molecule has 0 aliphatic rings. The first kappa shape index (κ1) is 10.3. The number of nitrogen functional groups attached to an aromatic ring is 1. The van der Waals surface area contributed by atoms with Crippen molar-refractivity contribution in [2.75, 3.05) is 24.1 Å². The van der Waals surface area contributed by atoms with Gasteiger partial charge in [0.15, 0.2) is 0 Å². The number of rotatable bonds is 4. The van der Waals surface area contributed by atoms with E-state index in [4.69, 9.17) is 5.73 Å². The van der Waals surface area contributed by atoms with E-state index in [1.807, 2.05) is 6.92 Å². The number of nitrogens with one attached hydrogen (secondary N) is 2. The van der Waals surface area contributed by atoms with Gasteiger partial charge in [0.1, 0.15) is 5.82 Å². The fourth-order valence-electron chi connectivity index (χ4n) is 1.00. The van der Waals surface area contributed by atoms with Crippen molar-refractivity contribution in [3.05, 3.63) is 18.3 Å². The molecule has 1 aromatic heterocycles.